The highest BCUT2D eigenvalue weighted by Gasteiger charge is 2.11. The SMILES string of the molecule is CC(C)(C)CCOC(=O)COc1ccc(N)cc1. The topological polar surface area (TPSA) is 61.5 Å². The Labute approximate surface area is 108 Å². The van der Waals surface area contributed by atoms with Gasteiger partial charge in [-0.2, -0.15) is 0 Å². The molecule has 0 spiro atoms. The second-order valence-corrected chi connectivity index (χ2v) is 5.39. The number of carbonyl (C=O) groups excluding carboxylic acids is 1. The monoisotopic (exact) mass is 251 g/mol. The summed E-state index contributed by atoms with van der Waals surface area (Å²) in [5.74, 6) is 0.257. The summed E-state index contributed by atoms with van der Waals surface area (Å²) < 4.78 is 10.4. The maximum Gasteiger partial charge on any atom is 0.344 e. The van der Waals surface area contributed by atoms with E-state index in [0.717, 1.165) is 6.42 Å². The van der Waals surface area contributed by atoms with Crippen LogP contribution in [0, 0.1) is 5.41 Å². The Kier molecular flexibility index (Phi) is 5.01. The zero-order valence-corrected chi connectivity index (χ0v) is 11.2. The van der Waals surface area contributed by atoms with Crippen LogP contribution in [0.3, 0.4) is 0 Å². The minimum atomic E-state index is -0.351. The first-order valence-electron chi connectivity index (χ1n) is 6.01. The van der Waals surface area contributed by atoms with E-state index in [-0.39, 0.29) is 18.0 Å². The van der Waals surface area contributed by atoms with Crippen molar-refractivity contribution in [1.29, 1.82) is 0 Å². The molecule has 100 valence electrons. The van der Waals surface area contributed by atoms with Crippen molar-refractivity contribution in [2.45, 2.75) is 27.2 Å². The molecule has 0 aliphatic heterocycles. The molecule has 1 aromatic carbocycles. The number of rotatable bonds is 5. The summed E-state index contributed by atoms with van der Waals surface area (Å²) in [6, 6.07) is 6.88. The van der Waals surface area contributed by atoms with E-state index in [0.29, 0.717) is 18.0 Å². The third kappa shape index (κ3) is 6.13. The zero-order chi connectivity index (χ0) is 13.6. The van der Waals surface area contributed by atoms with Crippen LogP contribution in [-0.2, 0) is 9.53 Å². The summed E-state index contributed by atoms with van der Waals surface area (Å²) in [5, 5.41) is 0. The molecule has 0 aliphatic rings. The molecular weight excluding hydrogens is 230 g/mol. The van der Waals surface area contributed by atoms with Crippen molar-refractivity contribution in [1.82, 2.24) is 0 Å². The van der Waals surface area contributed by atoms with E-state index in [4.69, 9.17) is 15.2 Å². The number of benzene rings is 1. The molecule has 1 rings (SSSR count). The van der Waals surface area contributed by atoms with Crippen molar-refractivity contribution in [2.24, 2.45) is 5.41 Å². The summed E-state index contributed by atoms with van der Waals surface area (Å²) in [4.78, 5) is 11.4. The van der Waals surface area contributed by atoms with Gasteiger partial charge in [-0.25, -0.2) is 4.79 Å². The minimum absolute atomic E-state index is 0.0753. The van der Waals surface area contributed by atoms with Gasteiger partial charge in [-0.15, -0.1) is 0 Å². The van der Waals surface area contributed by atoms with Crippen LogP contribution in [0.2, 0.25) is 0 Å². The molecule has 0 fully saturated rings. The van der Waals surface area contributed by atoms with Crippen molar-refractivity contribution in [3.05, 3.63) is 24.3 Å². The quantitative estimate of drug-likeness (QED) is 0.645. The molecule has 0 aliphatic carbocycles. The summed E-state index contributed by atoms with van der Waals surface area (Å²) in [6.45, 7) is 6.66. The van der Waals surface area contributed by atoms with Crippen molar-refractivity contribution in [3.8, 4) is 5.75 Å². The smallest absolute Gasteiger partial charge is 0.344 e. The van der Waals surface area contributed by atoms with Gasteiger partial charge < -0.3 is 15.2 Å². The summed E-state index contributed by atoms with van der Waals surface area (Å²) in [5.41, 5.74) is 6.37. The summed E-state index contributed by atoms with van der Waals surface area (Å²) in [6.07, 6.45) is 0.834. The largest absolute Gasteiger partial charge is 0.482 e. The fraction of sp³-hybridized carbons (Fsp3) is 0.500. The molecule has 0 radical (unpaired) electrons. The van der Waals surface area contributed by atoms with Gasteiger partial charge in [0.15, 0.2) is 6.61 Å². The molecule has 4 heteroatoms. The van der Waals surface area contributed by atoms with Gasteiger partial charge in [-0.3, -0.25) is 0 Å². The first kappa shape index (κ1) is 14.4. The Balaban J connectivity index is 2.23. The highest BCUT2D eigenvalue weighted by molar-refractivity contribution is 5.71. The Morgan fingerprint density at radius 1 is 1.22 bits per heavy atom. The van der Waals surface area contributed by atoms with Crippen LogP contribution in [0.4, 0.5) is 5.69 Å². The number of anilines is 1. The van der Waals surface area contributed by atoms with Gasteiger partial charge >= 0.3 is 5.97 Å². The molecule has 0 unspecified atom stereocenters. The highest BCUT2D eigenvalue weighted by atomic mass is 16.6. The standard InChI is InChI=1S/C14H21NO3/c1-14(2,3)8-9-17-13(16)10-18-12-6-4-11(15)5-7-12/h4-7H,8-10,15H2,1-3H3. The Morgan fingerprint density at radius 3 is 2.39 bits per heavy atom. The van der Waals surface area contributed by atoms with Gasteiger partial charge in [0, 0.05) is 5.69 Å². The average Bonchev–Trinajstić information content (AvgIpc) is 2.26. The lowest BCUT2D eigenvalue weighted by Gasteiger charge is -2.17. The molecule has 0 amide bonds. The Hall–Kier alpha value is -1.71. The normalized spacial score (nSPS) is 11.1. The van der Waals surface area contributed by atoms with Crippen LogP contribution in [0.5, 0.6) is 5.75 Å². The molecule has 0 saturated carbocycles. The first-order valence-corrected chi connectivity index (χ1v) is 6.01. The predicted molar refractivity (Wildman–Crippen MR) is 71.4 cm³/mol. The number of nitrogens with two attached hydrogens (primary N) is 1. The van der Waals surface area contributed by atoms with E-state index in [1.807, 2.05) is 0 Å². The third-order valence-corrected chi connectivity index (χ3v) is 2.35. The van der Waals surface area contributed by atoms with Crippen LogP contribution in [-0.4, -0.2) is 19.2 Å². The van der Waals surface area contributed by atoms with E-state index in [1.165, 1.54) is 0 Å². The van der Waals surface area contributed by atoms with Crippen molar-refractivity contribution >= 4 is 11.7 Å². The summed E-state index contributed by atoms with van der Waals surface area (Å²) in [7, 11) is 0. The Morgan fingerprint density at radius 2 is 1.83 bits per heavy atom. The van der Waals surface area contributed by atoms with Gasteiger partial charge in [0.2, 0.25) is 0 Å². The Bertz CT molecular complexity index is 379. The average molecular weight is 251 g/mol. The lowest BCUT2D eigenvalue weighted by atomic mass is 9.93. The van der Waals surface area contributed by atoms with E-state index in [9.17, 15) is 4.79 Å². The lowest BCUT2D eigenvalue weighted by Crippen LogP contribution is -2.18. The number of hydrogen-bond acceptors (Lipinski definition) is 4. The van der Waals surface area contributed by atoms with E-state index >= 15 is 0 Å². The fourth-order valence-electron chi connectivity index (χ4n) is 1.22. The van der Waals surface area contributed by atoms with Crippen molar-refractivity contribution in [2.75, 3.05) is 18.9 Å². The molecule has 2 N–H and O–H groups in total. The van der Waals surface area contributed by atoms with E-state index < -0.39 is 0 Å². The van der Waals surface area contributed by atoms with Crippen LogP contribution < -0.4 is 10.5 Å². The second-order valence-electron chi connectivity index (χ2n) is 5.39. The first-order chi connectivity index (χ1) is 8.37. The zero-order valence-electron chi connectivity index (χ0n) is 11.2. The highest BCUT2D eigenvalue weighted by Crippen LogP contribution is 2.18. The van der Waals surface area contributed by atoms with Crippen LogP contribution in [0.1, 0.15) is 27.2 Å². The van der Waals surface area contributed by atoms with Crippen molar-refractivity contribution < 1.29 is 14.3 Å². The van der Waals surface area contributed by atoms with Gasteiger partial charge in [0.25, 0.3) is 0 Å². The third-order valence-electron chi connectivity index (χ3n) is 2.35. The molecule has 18 heavy (non-hydrogen) atoms. The molecule has 0 aromatic heterocycles. The second kappa shape index (κ2) is 6.28. The molecule has 1 aromatic rings. The number of nitrogen functional groups attached to an aromatic ring is 1. The number of esters is 1. The van der Waals surface area contributed by atoms with Crippen LogP contribution >= 0.6 is 0 Å². The molecule has 0 bridgehead atoms. The molecule has 0 heterocycles. The van der Waals surface area contributed by atoms with Gasteiger partial charge in [0.1, 0.15) is 5.75 Å². The molecular formula is C14H21NO3. The molecule has 0 atom stereocenters. The van der Waals surface area contributed by atoms with Gasteiger partial charge in [-0.1, -0.05) is 20.8 Å². The lowest BCUT2D eigenvalue weighted by molar-refractivity contribution is -0.146. The van der Waals surface area contributed by atoms with Gasteiger partial charge in [0.05, 0.1) is 6.61 Å². The van der Waals surface area contributed by atoms with Crippen LogP contribution in [0.15, 0.2) is 24.3 Å². The molecule has 0 saturated heterocycles. The number of hydrogen-bond donors (Lipinski definition) is 1. The maximum atomic E-state index is 11.4. The van der Waals surface area contributed by atoms with E-state index in [1.54, 1.807) is 24.3 Å². The van der Waals surface area contributed by atoms with Crippen LogP contribution in [0.25, 0.3) is 0 Å². The predicted octanol–water partition coefficient (Wildman–Crippen LogP) is 2.63. The van der Waals surface area contributed by atoms with Gasteiger partial charge in [-0.05, 0) is 36.1 Å². The summed E-state index contributed by atoms with van der Waals surface area (Å²) >= 11 is 0. The van der Waals surface area contributed by atoms with Crippen molar-refractivity contribution in [3.63, 3.8) is 0 Å². The minimum Gasteiger partial charge on any atom is -0.482 e. The number of ether oxygens (including phenoxy) is 2. The number of carbonyl (C=O) groups is 1. The van der Waals surface area contributed by atoms with E-state index in [2.05, 4.69) is 20.8 Å². The molecule has 4 nitrogen and oxygen atoms in total. The fourth-order valence-corrected chi connectivity index (χ4v) is 1.22. The maximum absolute atomic E-state index is 11.4.